The number of benzene rings is 1. The van der Waals surface area contributed by atoms with E-state index in [1.165, 1.54) is 27.0 Å². The summed E-state index contributed by atoms with van der Waals surface area (Å²) >= 11 is 0. The molecule has 0 spiro atoms. The molecule has 0 heterocycles. The van der Waals surface area contributed by atoms with Gasteiger partial charge in [0.25, 0.3) is 0 Å². The molecule has 0 aliphatic rings. The summed E-state index contributed by atoms with van der Waals surface area (Å²) in [6, 6.07) is 1.80. The normalized spacial score (nSPS) is 13.9. The maximum atomic E-state index is 13.9. The molecular formula is C11H17FN2O3S. The third-order valence-corrected chi connectivity index (χ3v) is 4.76. The summed E-state index contributed by atoms with van der Waals surface area (Å²) in [5, 5.41) is 8.97. The Kier molecular flexibility index (Phi) is 4.31. The van der Waals surface area contributed by atoms with Crippen LogP contribution >= 0.6 is 0 Å². The number of nitrogens with two attached hydrogens (primary N) is 1. The summed E-state index contributed by atoms with van der Waals surface area (Å²) < 4.78 is 39.2. The fourth-order valence-corrected chi connectivity index (χ4v) is 2.98. The van der Waals surface area contributed by atoms with Crippen LogP contribution in [0.5, 0.6) is 0 Å². The van der Waals surface area contributed by atoms with Crippen LogP contribution in [0.4, 0.5) is 10.1 Å². The highest BCUT2D eigenvalue weighted by atomic mass is 32.2. The summed E-state index contributed by atoms with van der Waals surface area (Å²) in [5.74, 6) is -0.818. The van der Waals surface area contributed by atoms with Crippen molar-refractivity contribution in [2.45, 2.75) is 24.8 Å². The molecule has 0 saturated carbocycles. The van der Waals surface area contributed by atoms with Crippen molar-refractivity contribution >= 4 is 15.7 Å². The Bertz CT molecular complexity index is 545. The first-order chi connectivity index (χ1) is 8.21. The van der Waals surface area contributed by atoms with E-state index in [4.69, 9.17) is 10.8 Å². The van der Waals surface area contributed by atoms with Crippen molar-refractivity contribution in [1.82, 2.24) is 4.31 Å². The van der Waals surface area contributed by atoms with Crippen LogP contribution in [-0.4, -0.2) is 37.5 Å². The SMILES string of the molecule is Cc1cc(N)cc(S(=O)(=O)N(C)C(C)CO)c1F. The van der Waals surface area contributed by atoms with E-state index in [2.05, 4.69) is 0 Å². The number of likely N-dealkylation sites (N-methyl/N-ethyl adjacent to an activating group) is 1. The predicted octanol–water partition coefficient (Wildman–Crippen LogP) is 0.718. The largest absolute Gasteiger partial charge is 0.399 e. The van der Waals surface area contributed by atoms with E-state index in [0.29, 0.717) is 0 Å². The maximum absolute atomic E-state index is 13.9. The molecule has 1 atom stereocenters. The van der Waals surface area contributed by atoms with E-state index in [-0.39, 0.29) is 17.9 Å². The van der Waals surface area contributed by atoms with E-state index < -0.39 is 26.8 Å². The molecule has 5 nitrogen and oxygen atoms in total. The van der Waals surface area contributed by atoms with Crippen molar-refractivity contribution in [3.05, 3.63) is 23.5 Å². The molecule has 0 aliphatic carbocycles. The zero-order valence-electron chi connectivity index (χ0n) is 10.5. The van der Waals surface area contributed by atoms with E-state index in [9.17, 15) is 12.8 Å². The number of hydrogen-bond donors (Lipinski definition) is 2. The number of aliphatic hydroxyl groups excluding tert-OH is 1. The van der Waals surface area contributed by atoms with Gasteiger partial charge in [0, 0.05) is 18.8 Å². The van der Waals surface area contributed by atoms with Crippen LogP contribution in [0.25, 0.3) is 0 Å². The number of nitrogens with zero attached hydrogens (tertiary/aromatic N) is 1. The van der Waals surface area contributed by atoms with Gasteiger partial charge in [0.15, 0.2) is 0 Å². The minimum absolute atomic E-state index is 0.165. The standard InChI is InChI=1S/C11H17FN2O3S/c1-7-4-9(13)5-10(11(7)12)18(16,17)14(3)8(2)6-15/h4-5,8,15H,6,13H2,1-3H3. The Balaban J connectivity index is 3.37. The zero-order chi connectivity index (χ0) is 14.1. The number of hydrogen-bond acceptors (Lipinski definition) is 4. The van der Waals surface area contributed by atoms with Gasteiger partial charge in [0.05, 0.1) is 6.61 Å². The second kappa shape index (κ2) is 5.21. The van der Waals surface area contributed by atoms with E-state index >= 15 is 0 Å². The maximum Gasteiger partial charge on any atom is 0.246 e. The third kappa shape index (κ3) is 2.63. The average Bonchev–Trinajstić information content (AvgIpc) is 2.31. The Morgan fingerprint density at radius 1 is 1.50 bits per heavy atom. The predicted molar refractivity (Wildman–Crippen MR) is 67.0 cm³/mol. The topological polar surface area (TPSA) is 83.6 Å². The Morgan fingerprint density at radius 2 is 2.06 bits per heavy atom. The van der Waals surface area contributed by atoms with Crippen molar-refractivity contribution in [2.75, 3.05) is 19.4 Å². The molecule has 0 aromatic heterocycles. The van der Waals surface area contributed by atoms with E-state index in [1.807, 2.05) is 0 Å². The molecule has 0 amide bonds. The van der Waals surface area contributed by atoms with Crippen molar-refractivity contribution in [3.63, 3.8) is 0 Å². The molecule has 1 aromatic carbocycles. The summed E-state index contributed by atoms with van der Waals surface area (Å²) in [5.41, 5.74) is 5.88. The molecule has 18 heavy (non-hydrogen) atoms. The number of halogens is 1. The van der Waals surface area contributed by atoms with E-state index in [0.717, 1.165) is 10.4 Å². The number of aliphatic hydroxyl groups is 1. The van der Waals surface area contributed by atoms with Crippen LogP contribution in [0.15, 0.2) is 17.0 Å². The van der Waals surface area contributed by atoms with E-state index in [1.54, 1.807) is 0 Å². The smallest absolute Gasteiger partial charge is 0.246 e. The molecule has 0 aliphatic heterocycles. The lowest BCUT2D eigenvalue weighted by Gasteiger charge is -2.23. The summed E-state index contributed by atoms with van der Waals surface area (Å²) in [6.07, 6.45) is 0. The molecule has 1 aromatic rings. The Hall–Kier alpha value is -1.18. The fourth-order valence-electron chi connectivity index (χ4n) is 1.46. The molecule has 102 valence electrons. The number of anilines is 1. The van der Waals surface area contributed by atoms with Crippen molar-refractivity contribution in [1.29, 1.82) is 0 Å². The Labute approximate surface area is 106 Å². The molecular weight excluding hydrogens is 259 g/mol. The number of aryl methyl sites for hydroxylation is 1. The van der Waals surface area contributed by atoms with Crippen molar-refractivity contribution < 1.29 is 17.9 Å². The van der Waals surface area contributed by atoms with Gasteiger partial charge in [-0.3, -0.25) is 0 Å². The third-order valence-electron chi connectivity index (χ3n) is 2.79. The zero-order valence-corrected chi connectivity index (χ0v) is 11.3. The number of rotatable bonds is 4. The highest BCUT2D eigenvalue weighted by Crippen LogP contribution is 2.24. The number of sulfonamides is 1. The molecule has 0 bridgehead atoms. The molecule has 0 saturated heterocycles. The molecule has 3 N–H and O–H groups in total. The van der Waals surface area contributed by atoms with Gasteiger partial charge in [-0.15, -0.1) is 0 Å². The second-order valence-corrected chi connectivity index (χ2v) is 6.17. The fraction of sp³-hybridized carbons (Fsp3) is 0.455. The lowest BCUT2D eigenvalue weighted by Crippen LogP contribution is -2.37. The second-order valence-electron chi connectivity index (χ2n) is 4.20. The van der Waals surface area contributed by atoms with Crippen LogP contribution < -0.4 is 5.73 Å². The molecule has 1 rings (SSSR count). The summed E-state index contributed by atoms with van der Waals surface area (Å²) in [4.78, 5) is -0.470. The van der Waals surface area contributed by atoms with Gasteiger partial charge in [-0.1, -0.05) is 0 Å². The summed E-state index contributed by atoms with van der Waals surface area (Å²) in [6.45, 7) is 2.62. The van der Waals surface area contributed by atoms with Gasteiger partial charge in [0.1, 0.15) is 10.7 Å². The first-order valence-corrected chi connectivity index (χ1v) is 6.80. The van der Waals surface area contributed by atoms with Gasteiger partial charge in [-0.05, 0) is 31.5 Å². The van der Waals surface area contributed by atoms with Gasteiger partial charge in [-0.25, -0.2) is 12.8 Å². The highest BCUT2D eigenvalue weighted by Gasteiger charge is 2.28. The number of nitrogen functional groups attached to an aromatic ring is 1. The lowest BCUT2D eigenvalue weighted by atomic mass is 10.2. The highest BCUT2D eigenvalue weighted by molar-refractivity contribution is 7.89. The average molecular weight is 276 g/mol. The van der Waals surface area contributed by atoms with Crippen molar-refractivity contribution in [2.24, 2.45) is 0 Å². The van der Waals surface area contributed by atoms with Gasteiger partial charge < -0.3 is 10.8 Å². The molecule has 1 unspecified atom stereocenters. The van der Waals surface area contributed by atoms with Crippen LogP contribution in [0.3, 0.4) is 0 Å². The van der Waals surface area contributed by atoms with Crippen LogP contribution in [0.2, 0.25) is 0 Å². The quantitative estimate of drug-likeness (QED) is 0.794. The first-order valence-electron chi connectivity index (χ1n) is 5.36. The van der Waals surface area contributed by atoms with Crippen LogP contribution in [-0.2, 0) is 10.0 Å². The first kappa shape index (κ1) is 14.9. The van der Waals surface area contributed by atoms with Gasteiger partial charge in [-0.2, -0.15) is 4.31 Å². The minimum atomic E-state index is -4.01. The summed E-state index contributed by atoms with van der Waals surface area (Å²) in [7, 11) is -2.72. The lowest BCUT2D eigenvalue weighted by molar-refractivity contribution is 0.213. The van der Waals surface area contributed by atoms with Gasteiger partial charge >= 0.3 is 0 Å². The molecule has 0 radical (unpaired) electrons. The minimum Gasteiger partial charge on any atom is -0.399 e. The van der Waals surface area contributed by atoms with Crippen LogP contribution in [0.1, 0.15) is 12.5 Å². The monoisotopic (exact) mass is 276 g/mol. The molecule has 0 fully saturated rings. The van der Waals surface area contributed by atoms with Crippen molar-refractivity contribution in [3.8, 4) is 0 Å². The Morgan fingerprint density at radius 3 is 2.56 bits per heavy atom. The van der Waals surface area contributed by atoms with Gasteiger partial charge in [0.2, 0.25) is 10.0 Å². The molecule has 7 heteroatoms. The van der Waals surface area contributed by atoms with Crippen LogP contribution in [0, 0.1) is 12.7 Å².